The molecule has 0 heterocycles. The fourth-order valence-corrected chi connectivity index (χ4v) is 2.48. The Labute approximate surface area is 161 Å². The molecule has 0 atom stereocenters. The molecule has 144 valence electrons. The summed E-state index contributed by atoms with van der Waals surface area (Å²) in [4.78, 5) is 12.1. The lowest BCUT2D eigenvalue weighted by molar-refractivity contribution is -0.128. The van der Waals surface area contributed by atoms with Gasteiger partial charge in [0.2, 0.25) is 0 Å². The standard InChI is InChI=1S/C23H28O4/c1-16(2)26-20-13-7-17(15-21(20)25-6)8-14-22(24)27-19-11-9-18(10-12-19)23(3,4)5/h7-16H,1-6H3/b14-8+. The van der Waals surface area contributed by atoms with Crippen LogP contribution in [0.25, 0.3) is 6.08 Å². The van der Waals surface area contributed by atoms with Gasteiger partial charge in [-0.05, 0) is 60.7 Å². The van der Waals surface area contributed by atoms with Gasteiger partial charge in [-0.2, -0.15) is 0 Å². The van der Waals surface area contributed by atoms with Crippen LogP contribution in [0.15, 0.2) is 48.5 Å². The van der Waals surface area contributed by atoms with Crippen molar-refractivity contribution in [2.24, 2.45) is 0 Å². The molecule has 0 saturated carbocycles. The number of benzene rings is 2. The van der Waals surface area contributed by atoms with Crippen molar-refractivity contribution in [3.63, 3.8) is 0 Å². The smallest absolute Gasteiger partial charge is 0.336 e. The van der Waals surface area contributed by atoms with Gasteiger partial charge in [-0.25, -0.2) is 4.79 Å². The highest BCUT2D eigenvalue weighted by Crippen LogP contribution is 2.29. The average Bonchev–Trinajstić information content (AvgIpc) is 2.60. The van der Waals surface area contributed by atoms with Crippen LogP contribution >= 0.6 is 0 Å². The maximum absolute atomic E-state index is 12.1. The van der Waals surface area contributed by atoms with Crippen LogP contribution in [0.1, 0.15) is 45.7 Å². The van der Waals surface area contributed by atoms with Crippen LogP contribution in [0.3, 0.4) is 0 Å². The molecule has 2 rings (SSSR count). The predicted octanol–water partition coefficient (Wildman–Crippen LogP) is 5.40. The van der Waals surface area contributed by atoms with E-state index >= 15 is 0 Å². The van der Waals surface area contributed by atoms with E-state index in [1.165, 1.54) is 11.6 Å². The van der Waals surface area contributed by atoms with Gasteiger partial charge in [-0.1, -0.05) is 39.0 Å². The van der Waals surface area contributed by atoms with Gasteiger partial charge in [0.15, 0.2) is 11.5 Å². The Morgan fingerprint density at radius 1 is 1.00 bits per heavy atom. The predicted molar refractivity (Wildman–Crippen MR) is 109 cm³/mol. The Morgan fingerprint density at radius 2 is 1.67 bits per heavy atom. The average molecular weight is 368 g/mol. The molecule has 0 spiro atoms. The molecule has 4 heteroatoms. The largest absolute Gasteiger partial charge is 0.493 e. The Kier molecular flexibility index (Phi) is 6.67. The lowest BCUT2D eigenvalue weighted by Crippen LogP contribution is -2.11. The quantitative estimate of drug-likeness (QED) is 0.389. The summed E-state index contributed by atoms with van der Waals surface area (Å²) in [7, 11) is 1.59. The van der Waals surface area contributed by atoms with Crippen molar-refractivity contribution >= 4 is 12.0 Å². The van der Waals surface area contributed by atoms with Crippen LogP contribution in [-0.4, -0.2) is 19.2 Å². The van der Waals surface area contributed by atoms with Crippen LogP contribution in [-0.2, 0) is 10.2 Å². The van der Waals surface area contributed by atoms with E-state index in [1.54, 1.807) is 13.2 Å². The summed E-state index contributed by atoms with van der Waals surface area (Å²) in [6.45, 7) is 10.3. The summed E-state index contributed by atoms with van der Waals surface area (Å²) in [5.41, 5.74) is 2.07. The molecular weight excluding hydrogens is 340 g/mol. The first-order chi connectivity index (χ1) is 12.7. The second-order valence-electron chi connectivity index (χ2n) is 7.61. The number of rotatable bonds is 6. The fourth-order valence-electron chi connectivity index (χ4n) is 2.48. The topological polar surface area (TPSA) is 44.8 Å². The van der Waals surface area contributed by atoms with Crippen molar-refractivity contribution in [3.8, 4) is 17.2 Å². The van der Waals surface area contributed by atoms with Crippen LogP contribution in [0.5, 0.6) is 17.2 Å². The van der Waals surface area contributed by atoms with E-state index in [1.807, 2.05) is 56.3 Å². The molecular formula is C23H28O4. The fraction of sp³-hybridized carbons (Fsp3) is 0.348. The second kappa shape index (κ2) is 8.76. The second-order valence-corrected chi connectivity index (χ2v) is 7.61. The molecule has 2 aromatic rings. The minimum atomic E-state index is -0.431. The molecule has 0 aromatic heterocycles. The summed E-state index contributed by atoms with van der Waals surface area (Å²) in [6, 6.07) is 13.1. The van der Waals surface area contributed by atoms with E-state index in [4.69, 9.17) is 14.2 Å². The molecule has 0 saturated heterocycles. The van der Waals surface area contributed by atoms with Crippen molar-refractivity contribution in [1.82, 2.24) is 0 Å². The van der Waals surface area contributed by atoms with Gasteiger partial charge in [-0.15, -0.1) is 0 Å². The lowest BCUT2D eigenvalue weighted by Gasteiger charge is -2.18. The SMILES string of the molecule is COc1cc(/C=C/C(=O)Oc2ccc(C(C)(C)C)cc2)ccc1OC(C)C. The molecule has 0 amide bonds. The maximum atomic E-state index is 12.1. The molecule has 2 aromatic carbocycles. The number of hydrogen-bond donors (Lipinski definition) is 0. The molecule has 0 aliphatic heterocycles. The number of carbonyl (C=O) groups is 1. The summed E-state index contributed by atoms with van der Waals surface area (Å²) in [5.74, 6) is 1.39. The zero-order valence-electron chi connectivity index (χ0n) is 16.9. The Bertz CT molecular complexity index is 796. The summed E-state index contributed by atoms with van der Waals surface area (Å²) in [6.07, 6.45) is 3.14. The monoisotopic (exact) mass is 368 g/mol. The Balaban J connectivity index is 2.04. The number of methoxy groups -OCH3 is 1. The zero-order valence-corrected chi connectivity index (χ0v) is 16.9. The molecule has 0 aliphatic carbocycles. The highest BCUT2D eigenvalue weighted by Gasteiger charge is 2.13. The first-order valence-electron chi connectivity index (χ1n) is 9.04. The van der Waals surface area contributed by atoms with Gasteiger partial charge in [-0.3, -0.25) is 0 Å². The molecule has 0 aliphatic rings. The van der Waals surface area contributed by atoms with Gasteiger partial charge in [0, 0.05) is 6.08 Å². The highest BCUT2D eigenvalue weighted by atomic mass is 16.5. The van der Waals surface area contributed by atoms with Crippen molar-refractivity contribution in [3.05, 3.63) is 59.7 Å². The third kappa shape index (κ3) is 6.17. The molecule has 0 N–H and O–H groups in total. The molecule has 0 fully saturated rings. The van der Waals surface area contributed by atoms with E-state index in [9.17, 15) is 4.79 Å². The van der Waals surface area contributed by atoms with Gasteiger partial charge in [0.1, 0.15) is 5.75 Å². The Hall–Kier alpha value is -2.75. The molecule has 4 nitrogen and oxygen atoms in total. The van der Waals surface area contributed by atoms with E-state index in [-0.39, 0.29) is 11.5 Å². The molecule has 0 bridgehead atoms. The van der Waals surface area contributed by atoms with Crippen molar-refractivity contribution in [2.75, 3.05) is 7.11 Å². The van der Waals surface area contributed by atoms with Gasteiger partial charge in [0.05, 0.1) is 13.2 Å². The highest BCUT2D eigenvalue weighted by molar-refractivity contribution is 5.88. The minimum Gasteiger partial charge on any atom is -0.493 e. The van der Waals surface area contributed by atoms with E-state index in [0.717, 1.165) is 5.56 Å². The number of ether oxygens (including phenoxy) is 3. The molecule has 0 radical (unpaired) electrons. The number of hydrogen-bond acceptors (Lipinski definition) is 4. The zero-order chi connectivity index (χ0) is 20.0. The summed E-state index contributed by atoms with van der Waals surface area (Å²) >= 11 is 0. The van der Waals surface area contributed by atoms with Crippen LogP contribution in [0.4, 0.5) is 0 Å². The lowest BCUT2D eigenvalue weighted by atomic mass is 9.87. The minimum absolute atomic E-state index is 0.0555. The maximum Gasteiger partial charge on any atom is 0.336 e. The normalized spacial score (nSPS) is 11.7. The van der Waals surface area contributed by atoms with Gasteiger partial charge < -0.3 is 14.2 Å². The third-order valence-electron chi connectivity index (χ3n) is 3.90. The van der Waals surface area contributed by atoms with Gasteiger partial charge in [0.25, 0.3) is 0 Å². The molecule has 0 unspecified atom stereocenters. The van der Waals surface area contributed by atoms with E-state index in [2.05, 4.69) is 20.8 Å². The van der Waals surface area contributed by atoms with E-state index in [0.29, 0.717) is 17.2 Å². The van der Waals surface area contributed by atoms with Crippen LogP contribution < -0.4 is 14.2 Å². The first kappa shape index (κ1) is 20.6. The van der Waals surface area contributed by atoms with Crippen molar-refractivity contribution in [2.45, 2.75) is 46.1 Å². The summed E-state index contributed by atoms with van der Waals surface area (Å²) < 4.78 is 16.4. The van der Waals surface area contributed by atoms with Crippen LogP contribution in [0, 0.1) is 0 Å². The Morgan fingerprint density at radius 3 is 2.22 bits per heavy atom. The first-order valence-corrected chi connectivity index (χ1v) is 9.04. The number of carbonyl (C=O) groups excluding carboxylic acids is 1. The summed E-state index contributed by atoms with van der Waals surface area (Å²) in [5, 5.41) is 0. The van der Waals surface area contributed by atoms with Crippen LogP contribution in [0.2, 0.25) is 0 Å². The van der Waals surface area contributed by atoms with Crippen molar-refractivity contribution < 1.29 is 19.0 Å². The van der Waals surface area contributed by atoms with E-state index < -0.39 is 5.97 Å². The third-order valence-corrected chi connectivity index (χ3v) is 3.90. The van der Waals surface area contributed by atoms with Gasteiger partial charge >= 0.3 is 5.97 Å². The van der Waals surface area contributed by atoms with Crippen molar-refractivity contribution in [1.29, 1.82) is 0 Å². The molecule has 27 heavy (non-hydrogen) atoms. The number of esters is 1.